The highest BCUT2D eigenvalue weighted by Crippen LogP contribution is 2.42. The molecule has 1 aliphatic heterocycles. The van der Waals surface area contributed by atoms with Crippen molar-refractivity contribution in [2.75, 3.05) is 4.90 Å². The Labute approximate surface area is 182 Å². The molecule has 2 heterocycles. The number of carbonyl (C=O) groups excluding carboxylic acids is 2. The fourth-order valence-corrected chi connectivity index (χ4v) is 3.57. The summed E-state index contributed by atoms with van der Waals surface area (Å²) in [6, 6.07) is 11.1. The molecule has 2 aromatic carbocycles. The zero-order valence-electron chi connectivity index (χ0n) is 17.2. The second-order valence-electron chi connectivity index (χ2n) is 7.47. The van der Waals surface area contributed by atoms with Gasteiger partial charge in [-0.25, -0.2) is 8.78 Å². The van der Waals surface area contributed by atoms with E-state index < -0.39 is 35.1 Å². The van der Waals surface area contributed by atoms with Crippen molar-refractivity contribution in [2.45, 2.75) is 26.0 Å². The van der Waals surface area contributed by atoms with Gasteiger partial charge in [-0.1, -0.05) is 0 Å². The standard InChI is InChI=1S/C24H19F2NO5/c1-13(2)32-16-8-5-14(6-9-16)22(28)20-21(19-4-3-11-31-19)27(24(30)23(20)29)15-7-10-17(25)18(26)12-15/h3-13,21,28H,1-2H3/b22-20-. The summed E-state index contributed by atoms with van der Waals surface area (Å²) in [7, 11) is 0. The number of halogens is 2. The molecule has 4 rings (SSSR count). The van der Waals surface area contributed by atoms with Crippen LogP contribution in [-0.4, -0.2) is 22.9 Å². The fraction of sp³-hybridized carbons (Fsp3) is 0.167. The number of Topliss-reactive ketones (excluding diaryl/α,β-unsaturated/α-hetero) is 1. The van der Waals surface area contributed by atoms with Crippen molar-refractivity contribution < 1.29 is 32.6 Å². The molecule has 1 amide bonds. The minimum absolute atomic E-state index is 0.0465. The van der Waals surface area contributed by atoms with Crippen LogP contribution < -0.4 is 9.64 Å². The van der Waals surface area contributed by atoms with E-state index in [4.69, 9.17) is 9.15 Å². The van der Waals surface area contributed by atoms with Gasteiger partial charge in [0, 0.05) is 17.3 Å². The van der Waals surface area contributed by atoms with E-state index in [1.54, 1.807) is 30.3 Å². The summed E-state index contributed by atoms with van der Waals surface area (Å²) in [5.41, 5.74) is 0.000270. The second-order valence-corrected chi connectivity index (χ2v) is 7.47. The molecule has 1 atom stereocenters. The van der Waals surface area contributed by atoms with Crippen molar-refractivity contribution in [3.63, 3.8) is 0 Å². The number of hydrogen-bond acceptors (Lipinski definition) is 5. The Morgan fingerprint density at radius 3 is 2.38 bits per heavy atom. The van der Waals surface area contributed by atoms with Crippen molar-refractivity contribution >= 4 is 23.1 Å². The number of anilines is 1. The van der Waals surface area contributed by atoms with Crippen molar-refractivity contribution in [3.8, 4) is 5.75 Å². The van der Waals surface area contributed by atoms with Gasteiger partial charge in [0.05, 0.1) is 17.9 Å². The predicted molar refractivity (Wildman–Crippen MR) is 112 cm³/mol. The quantitative estimate of drug-likeness (QED) is 0.345. The van der Waals surface area contributed by atoms with E-state index in [-0.39, 0.29) is 28.7 Å². The Morgan fingerprint density at radius 2 is 1.78 bits per heavy atom. The molecule has 164 valence electrons. The summed E-state index contributed by atoms with van der Waals surface area (Å²) in [6.07, 6.45) is 1.30. The predicted octanol–water partition coefficient (Wildman–Crippen LogP) is 4.97. The maximum Gasteiger partial charge on any atom is 0.300 e. The highest BCUT2D eigenvalue weighted by atomic mass is 19.2. The highest BCUT2D eigenvalue weighted by molar-refractivity contribution is 6.51. The Morgan fingerprint density at radius 1 is 1.06 bits per heavy atom. The minimum atomic E-state index is -1.18. The van der Waals surface area contributed by atoms with Gasteiger partial charge < -0.3 is 14.3 Å². The Kier molecular flexibility index (Phi) is 5.52. The van der Waals surface area contributed by atoms with Gasteiger partial charge in [0.25, 0.3) is 11.7 Å². The molecule has 0 radical (unpaired) electrons. The van der Waals surface area contributed by atoms with Crippen molar-refractivity contribution in [1.29, 1.82) is 0 Å². The van der Waals surface area contributed by atoms with Crippen molar-refractivity contribution in [1.82, 2.24) is 0 Å². The van der Waals surface area contributed by atoms with E-state index in [9.17, 15) is 23.5 Å². The Hall–Kier alpha value is -3.94. The average Bonchev–Trinajstić information content (AvgIpc) is 3.37. The third-order valence-corrected chi connectivity index (χ3v) is 4.94. The number of aliphatic hydroxyl groups is 1. The zero-order valence-corrected chi connectivity index (χ0v) is 17.2. The van der Waals surface area contributed by atoms with E-state index in [1.807, 2.05) is 13.8 Å². The average molecular weight is 439 g/mol. The minimum Gasteiger partial charge on any atom is -0.507 e. The largest absolute Gasteiger partial charge is 0.507 e. The van der Waals surface area contributed by atoms with Crippen LogP contribution in [0.3, 0.4) is 0 Å². The zero-order chi connectivity index (χ0) is 23.0. The Bertz CT molecular complexity index is 1200. The van der Waals surface area contributed by atoms with Gasteiger partial charge in [-0.15, -0.1) is 0 Å². The third kappa shape index (κ3) is 3.75. The number of rotatable bonds is 5. The summed E-state index contributed by atoms with van der Waals surface area (Å²) in [5.74, 6) is -3.93. The SMILES string of the molecule is CC(C)Oc1ccc(/C(O)=C2/C(=O)C(=O)N(c3ccc(F)c(F)c3)C2c2ccco2)cc1. The van der Waals surface area contributed by atoms with Crippen LogP contribution in [0.15, 0.2) is 70.9 Å². The summed E-state index contributed by atoms with van der Waals surface area (Å²) >= 11 is 0. The third-order valence-electron chi connectivity index (χ3n) is 4.94. The molecule has 8 heteroatoms. The molecule has 1 unspecified atom stereocenters. The van der Waals surface area contributed by atoms with Crippen LogP contribution in [-0.2, 0) is 9.59 Å². The Balaban J connectivity index is 1.84. The second kappa shape index (κ2) is 8.30. The van der Waals surface area contributed by atoms with E-state index in [0.717, 1.165) is 17.0 Å². The molecular weight excluding hydrogens is 420 g/mol. The van der Waals surface area contributed by atoms with Crippen LogP contribution >= 0.6 is 0 Å². The molecule has 1 aromatic heterocycles. The van der Waals surface area contributed by atoms with Crippen molar-refractivity contribution in [3.05, 3.63) is 89.4 Å². The number of amides is 1. The number of furan rings is 1. The molecule has 6 nitrogen and oxygen atoms in total. The van der Waals surface area contributed by atoms with Gasteiger partial charge in [-0.2, -0.15) is 0 Å². The van der Waals surface area contributed by atoms with Crippen LogP contribution in [0.1, 0.15) is 31.2 Å². The number of ether oxygens (including phenoxy) is 1. The summed E-state index contributed by atoms with van der Waals surface area (Å²) in [5, 5.41) is 11.0. The van der Waals surface area contributed by atoms with E-state index in [2.05, 4.69) is 0 Å². The van der Waals surface area contributed by atoms with Gasteiger partial charge >= 0.3 is 0 Å². The lowest BCUT2D eigenvalue weighted by atomic mass is 9.99. The number of carbonyl (C=O) groups is 2. The van der Waals surface area contributed by atoms with Gasteiger partial charge in [0.15, 0.2) is 11.6 Å². The van der Waals surface area contributed by atoms with Crippen LogP contribution in [0.4, 0.5) is 14.5 Å². The number of ketones is 1. The van der Waals surface area contributed by atoms with Crippen LogP contribution in [0.5, 0.6) is 5.75 Å². The monoisotopic (exact) mass is 439 g/mol. The first kappa shape index (κ1) is 21.3. The van der Waals surface area contributed by atoms with Gasteiger partial charge in [0.2, 0.25) is 0 Å². The lowest BCUT2D eigenvalue weighted by Gasteiger charge is -2.23. The number of aliphatic hydroxyl groups excluding tert-OH is 1. The number of hydrogen-bond donors (Lipinski definition) is 1. The molecule has 1 N–H and O–H groups in total. The first-order valence-corrected chi connectivity index (χ1v) is 9.84. The van der Waals surface area contributed by atoms with Crippen LogP contribution in [0, 0.1) is 11.6 Å². The summed E-state index contributed by atoms with van der Waals surface area (Å²) < 4.78 is 38.3. The number of benzene rings is 2. The molecule has 0 spiro atoms. The molecule has 32 heavy (non-hydrogen) atoms. The van der Waals surface area contributed by atoms with E-state index >= 15 is 0 Å². The lowest BCUT2D eigenvalue weighted by molar-refractivity contribution is -0.132. The molecule has 0 bridgehead atoms. The van der Waals surface area contributed by atoms with Crippen LogP contribution in [0.2, 0.25) is 0 Å². The maximum absolute atomic E-state index is 13.9. The molecule has 1 saturated heterocycles. The lowest BCUT2D eigenvalue weighted by Crippen LogP contribution is -2.29. The topological polar surface area (TPSA) is 80.0 Å². The van der Waals surface area contributed by atoms with E-state index in [1.165, 1.54) is 18.4 Å². The van der Waals surface area contributed by atoms with Crippen molar-refractivity contribution in [2.24, 2.45) is 0 Å². The van der Waals surface area contributed by atoms with Crippen LogP contribution in [0.25, 0.3) is 5.76 Å². The van der Waals surface area contributed by atoms with Gasteiger partial charge in [-0.3, -0.25) is 14.5 Å². The molecule has 3 aromatic rings. The molecule has 0 saturated carbocycles. The smallest absolute Gasteiger partial charge is 0.300 e. The first-order chi connectivity index (χ1) is 15.3. The summed E-state index contributed by atoms with van der Waals surface area (Å²) in [4.78, 5) is 26.8. The highest BCUT2D eigenvalue weighted by Gasteiger charge is 2.48. The maximum atomic E-state index is 13.9. The first-order valence-electron chi connectivity index (χ1n) is 9.84. The fourth-order valence-electron chi connectivity index (χ4n) is 3.57. The molecule has 1 fully saturated rings. The molecule has 0 aliphatic carbocycles. The van der Waals surface area contributed by atoms with Gasteiger partial charge in [0.1, 0.15) is 23.3 Å². The van der Waals surface area contributed by atoms with E-state index in [0.29, 0.717) is 5.75 Å². The number of nitrogens with zero attached hydrogens (tertiary/aromatic N) is 1. The molecular formula is C24H19F2NO5. The van der Waals surface area contributed by atoms with Gasteiger partial charge in [-0.05, 0) is 62.4 Å². The summed E-state index contributed by atoms with van der Waals surface area (Å²) in [6.45, 7) is 3.74. The normalized spacial score (nSPS) is 17.9. The molecule has 1 aliphatic rings.